The van der Waals surface area contributed by atoms with Gasteiger partial charge in [-0.2, -0.15) is 0 Å². The number of rotatable bonds is 12. The van der Waals surface area contributed by atoms with Crippen LogP contribution in [-0.4, -0.2) is 48.5 Å². The van der Waals surface area contributed by atoms with Gasteiger partial charge in [-0.3, -0.25) is 0 Å². The van der Waals surface area contributed by atoms with Crippen LogP contribution >= 0.6 is 0 Å². The third kappa shape index (κ3) is 7.52. The van der Waals surface area contributed by atoms with E-state index in [4.69, 9.17) is 18.3 Å². The van der Waals surface area contributed by atoms with Gasteiger partial charge in [-0.1, -0.05) is 6.58 Å². The molecule has 3 rings (SSSR count). The second-order valence-electron chi connectivity index (χ2n) is 7.83. The molecule has 2 unspecified atom stereocenters. The third-order valence-electron chi connectivity index (χ3n) is 5.00. The highest BCUT2D eigenvalue weighted by Crippen LogP contribution is 2.39. The molecule has 11 heteroatoms. The molecule has 0 saturated heterocycles. The van der Waals surface area contributed by atoms with Gasteiger partial charge < -0.3 is 33.3 Å². The number of carbonyl (C=O) groups is 1. The summed E-state index contributed by atoms with van der Waals surface area (Å²) in [6.07, 6.45) is -4.01. The summed E-state index contributed by atoms with van der Waals surface area (Å²) in [5.74, 6) is -0.964. The molecule has 0 spiro atoms. The molecule has 8 nitrogen and oxygen atoms in total. The lowest BCUT2D eigenvalue weighted by molar-refractivity contribution is -0.274. The highest BCUT2D eigenvalue weighted by atomic mass is 19.4. The molecule has 0 radical (unpaired) electrons. The molecule has 0 aliphatic rings. The van der Waals surface area contributed by atoms with Gasteiger partial charge in [-0.15, -0.1) is 13.2 Å². The Morgan fingerprint density at radius 3 is 2.63 bits per heavy atom. The first-order valence-electron chi connectivity index (χ1n) is 10.7. The van der Waals surface area contributed by atoms with Gasteiger partial charge in [-0.25, -0.2) is 4.79 Å². The molecule has 0 saturated carbocycles. The molecule has 2 aromatic heterocycles. The molecule has 35 heavy (non-hydrogen) atoms. The van der Waals surface area contributed by atoms with Crippen molar-refractivity contribution in [2.45, 2.75) is 32.2 Å². The summed E-state index contributed by atoms with van der Waals surface area (Å²) in [6, 6.07) is 7.46. The Bertz CT molecular complexity index is 1150. The Balaban J connectivity index is 1.60. The van der Waals surface area contributed by atoms with E-state index in [0.29, 0.717) is 29.6 Å². The van der Waals surface area contributed by atoms with Crippen molar-refractivity contribution in [3.63, 3.8) is 0 Å². The molecule has 3 aromatic rings. The van der Waals surface area contributed by atoms with Crippen molar-refractivity contribution >= 4 is 16.9 Å². The normalized spacial score (nSPS) is 13.4. The van der Waals surface area contributed by atoms with Gasteiger partial charge in [0.15, 0.2) is 11.5 Å². The van der Waals surface area contributed by atoms with Crippen LogP contribution in [0.3, 0.4) is 0 Å². The molecule has 0 aliphatic carbocycles. The number of furan rings is 2. The number of aryl methyl sites for hydroxylation is 1. The van der Waals surface area contributed by atoms with Crippen molar-refractivity contribution < 1.29 is 51.2 Å². The van der Waals surface area contributed by atoms with Gasteiger partial charge in [0.2, 0.25) is 5.76 Å². The largest absolute Gasteiger partial charge is 0.573 e. The highest BCUT2D eigenvalue weighted by Gasteiger charge is 2.34. The molecule has 2 N–H and O–H groups in total. The van der Waals surface area contributed by atoms with Crippen molar-refractivity contribution in [2.75, 3.05) is 19.8 Å². The van der Waals surface area contributed by atoms with E-state index < -0.39 is 24.2 Å². The van der Waals surface area contributed by atoms with E-state index in [9.17, 15) is 28.2 Å². The Kier molecular flexibility index (Phi) is 8.47. The van der Waals surface area contributed by atoms with Crippen LogP contribution in [0.25, 0.3) is 22.5 Å². The summed E-state index contributed by atoms with van der Waals surface area (Å²) in [7, 11) is 0. The van der Waals surface area contributed by atoms with Crippen LogP contribution in [-0.2, 0) is 9.53 Å². The highest BCUT2D eigenvalue weighted by molar-refractivity contribution is 5.84. The zero-order chi connectivity index (χ0) is 25.6. The molecular formula is C24H25F3O8. The Morgan fingerprint density at radius 1 is 1.17 bits per heavy atom. The SMILES string of the molecule is C=CC(=O)OCC(CO)CCC(O)COc1ccc2cc(-c3oc(C)cc3OC(F)(F)F)oc2c1. The number of esters is 1. The second kappa shape index (κ2) is 11.3. The Morgan fingerprint density at radius 2 is 1.94 bits per heavy atom. The predicted molar refractivity (Wildman–Crippen MR) is 118 cm³/mol. The lowest BCUT2D eigenvalue weighted by Crippen LogP contribution is -2.22. The lowest BCUT2D eigenvalue weighted by Gasteiger charge is -2.17. The fraction of sp³-hybridized carbons (Fsp3) is 0.375. The minimum absolute atomic E-state index is 0.0113. The van der Waals surface area contributed by atoms with Crippen molar-refractivity contribution in [1.82, 2.24) is 0 Å². The van der Waals surface area contributed by atoms with Crippen LogP contribution in [0.5, 0.6) is 11.5 Å². The maximum Gasteiger partial charge on any atom is 0.573 e. The molecule has 2 atom stereocenters. The van der Waals surface area contributed by atoms with E-state index in [1.54, 1.807) is 12.1 Å². The van der Waals surface area contributed by atoms with E-state index in [1.165, 1.54) is 19.1 Å². The van der Waals surface area contributed by atoms with Crippen LogP contribution in [0.2, 0.25) is 0 Å². The number of ether oxygens (including phenoxy) is 3. The van der Waals surface area contributed by atoms with E-state index in [-0.39, 0.29) is 43.0 Å². The number of hydrogen-bond acceptors (Lipinski definition) is 8. The van der Waals surface area contributed by atoms with Gasteiger partial charge >= 0.3 is 12.3 Å². The summed E-state index contributed by atoms with van der Waals surface area (Å²) in [6.45, 7) is 4.54. The van der Waals surface area contributed by atoms with Crippen molar-refractivity contribution in [3.8, 4) is 23.0 Å². The summed E-state index contributed by atoms with van der Waals surface area (Å²) in [4.78, 5) is 11.1. The smallest absolute Gasteiger partial charge is 0.491 e. The first kappa shape index (κ1) is 26.2. The number of carbonyl (C=O) groups excluding carboxylic acids is 1. The van der Waals surface area contributed by atoms with Crippen LogP contribution < -0.4 is 9.47 Å². The van der Waals surface area contributed by atoms with Crippen LogP contribution in [0.1, 0.15) is 18.6 Å². The first-order chi connectivity index (χ1) is 16.6. The number of aliphatic hydroxyl groups excluding tert-OH is 2. The van der Waals surface area contributed by atoms with Crippen molar-refractivity contribution in [2.24, 2.45) is 5.92 Å². The number of fused-ring (bicyclic) bond motifs is 1. The summed E-state index contributed by atoms with van der Waals surface area (Å²) >= 11 is 0. The first-order valence-corrected chi connectivity index (χ1v) is 10.7. The van der Waals surface area contributed by atoms with E-state index >= 15 is 0 Å². The van der Waals surface area contributed by atoms with Gasteiger partial charge in [-0.05, 0) is 38.0 Å². The number of alkyl halides is 3. The van der Waals surface area contributed by atoms with Crippen molar-refractivity contribution in [3.05, 3.63) is 48.7 Å². The molecule has 1 aromatic carbocycles. The number of hydrogen-bond donors (Lipinski definition) is 2. The number of benzene rings is 1. The van der Waals surface area contributed by atoms with Gasteiger partial charge in [0.1, 0.15) is 23.7 Å². The van der Waals surface area contributed by atoms with Crippen LogP contribution in [0.15, 0.2) is 51.8 Å². The quantitative estimate of drug-likeness (QED) is 0.272. The van der Waals surface area contributed by atoms with Gasteiger partial charge in [0, 0.05) is 36.1 Å². The topological polar surface area (TPSA) is 112 Å². The van der Waals surface area contributed by atoms with Gasteiger partial charge in [0.25, 0.3) is 0 Å². The summed E-state index contributed by atoms with van der Waals surface area (Å²) < 4.78 is 63.6. The zero-order valence-electron chi connectivity index (χ0n) is 18.8. The minimum atomic E-state index is -4.88. The monoisotopic (exact) mass is 498 g/mol. The molecule has 0 aliphatic heterocycles. The summed E-state index contributed by atoms with van der Waals surface area (Å²) in [5, 5.41) is 20.2. The van der Waals surface area contributed by atoms with E-state index in [2.05, 4.69) is 11.3 Å². The lowest BCUT2D eigenvalue weighted by atomic mass is 10.0. The molecule has 190 valence electrons. The average molecular weight is 498 g/mol. The average Bonchev–Trinajstić information content (AvgIpc) is 3.38. The maximum atomic E-state index is 12.7. The Hall–Kier alpha value is -3.44. The maximum absolute atomic E-state index is 12.7. The molecule has 0 amide bonds. The van der Waals surface area contributed by atoms with Gasteiger partial charge in [0.05, 0.1) is 12.7 Å². The molecule has 2 heterocycles. The fourth-order valence-electron chi connectivity index (χ4n) is 3.27. The minimum Gasteiger partial charge on any atom is -0.491 e. The number of halogens is 3. The third-order valence-corrected chi connectivity index (χ3v) is 5.00. The van der Waals surface area contributed by atoms with Crippen LogP contribution in [0.4, 0.5) is 13.2 Å². The van der Waals surface area contributed by atoms with Crippen molar-refractivity contribution in [1.29, 1.82) is 0 Å². The van der Waals surface area contributed by atoms with E-state index in [0.717, 1.165) is 12.1 Å². The zero-order valence-corrected chi connectivity index (χ0v) is 18.8. The summed E-state index contributed by atoms with van der Waals surface area (Å²) in [5.41, 5.74) is 0.336. The fourth-order valence-corrected chi connectivity index (χ4v) is 3.27. The second-order valence-corrected chi connectivity index (χ2v) is 7.83. The molecular weight excluding hydrogens is 473 g/mol. The standard InChI is InChI=1S/C24H25F3O8/c1-3-22(30)32-12-15(11-28)4-6-17(29)13-31-18-7-5-16-9-20(34-19(16)10-18)23-21(8-14(2)33-23)35-24(25,26)27/h3,5,7-10,15,17,28-29H,1,4,6,11-13H2,2H3. The van der Waals surface area contributed by atoms with E-state index in [1.807, 2.05) is 0 Å². The predicted octanol–water partition coefficient (Wildman–Crippen LogP) is 4.76. The Labute approximate surface area is 198 Å². The van der Waals surface area contributed by atoms with Crippen LogP contribution in [0, 0.1) is 12.8 Å². The molecule has 0 fully saturated rings. The number of aliphatic hydroxyl groups is 2. The molecule has 0 bridgehead atoms.